The lowest BCUT2D eigenvalue weighted by molar-refractivity contribution is -0.132. The lowest BCUT2D eigenvalue weighted by Gasteiger charge is -2.34. The first kappa shape index (κ1) is 18.7. The number of aryl methyl sites for hydroxylation is 1. The summed E-state index contributed by atoms with van der Waals surface area (Å²) in [5.41, 5.74) is 1.29. The molecular weight excluding hydrogens is 324 g/mol. The molecule has 0 bridgehead atoms. The van der Waals surface area contributed by atoms with Crippen LogP contribution in [0.1, 0.15) is 30.6 Å². The third kappa shape index (κ3) is 5.73. The van der Waals surface area contributed by atoms with E-state index in [9.17, 15) is 4.79 Å². The highest BCUT2D eigenvalue weighted by molar-refractivity contribution is 5.76. The van der Waals surface area contributed by atoms with Gasteiger partial charge < -0.3 is 14.2 Å². The smallest absolute Gasteiger partial charge is 0.223 e. The summed E-state index contributed by atoms with van der Waals surface area (Å²) in [5.74, 6) is 1.71. The molecule has 1 aromatic heterocycles. The Bertz CT molecular complexity index is 654. The highest BCUT2D eigenvalue weighted by atomic mass is 16.3. The summed E-state index contributed by atoms with van der Waals surface area (Å²) in [4.78, 5) is 17.4. The molecule has 4 heteroatoms. The van der Waals surface area contributed by atoms with Crippen LogP contribution in [-0.4, -0.2) is 48.9 Å². The number of rotatable bonds is 8. The average Bonchev–Trinajstić information content (AvgIpc) is 3.17. The predicted octanol–water partition coefficient (Wildman–Crippen LogP) is 3.63. The van der Waals surface area contributed by atoms with Crippen LogP contribution in [0.5, 0.6) is 0 Å². The van der Waals surface area contributed by atoms with Gasteiger partial charge in [-0.3, -0.25) is 4.79 Å². The molecule has 1 aliphatic heterocycles. The summed E-state index contributed by atoms with van der Waals surface area (Å²) in [6, 6.07) is 14.3. The molecule has 1 amide bonds. The predicted molar refractivity (Wildman–Crippen MR) is 104 cm³/mol. The van der Waals surface area contributed by atoms with E-state index < -0.39 is 0 Å². The third-order valence-corrected chi connectivity index (χ3v) is 5.23. The van der Waals surface area contributed by atoms with Gasteiger partial charge in [0.2, 0.25) is 5.91 Å². The molecule has 0 radical (unpaired) electrons. The van der Waals surface area contributed by atoms with Crippen LogP contribution in [0.4, 0.5) is 0 Å². The van der Waals surface area contributed by atoms with Crippen LogP contribution in [0.3, 0.4) is 0 Å². The van der Waals surface area contributed by atoms with Crippen molar-refractivity contribution in [2.45, 2.75) is 32.1 Å². The van der Waals surface area contributed by atoms with Crippen molar-refractivity contribution in [1.29, 1.82) is 0 Å². The van der Waals surface area contributed by atoms with Crippen molar-refractivity contribution < 1.29 is 9.21 Å². The Kier molecular flexibility index (Phi) is 6.89. The zero-order valence-electron chi connectivity index (χ0n) is 15.8. The molecule has 2 aromatic rings. The Hall–Kier alpha value is -2.07. The summed E-state index contributed by atoms with van der Waals surface area (Å²) >= 11 is 0. The molecule has 140 valence electrons. The molecule has 2 heterocycles. The molecule has 0 spiro atoms. The molecule has 0 N–H and O–H groups in total. The van der Waals surface area contributed by atoms with E-state index in [0.29, 0.717) is 18.8 Å². The average molecular weight is 354 g/mol. The maximum Gasteiger partial charge on any atom is 0.223 e. The molecule has 1 aliphatic rings. The molecule has 0 saturated carbocycles. The van der Waals surface area contributed by atoms with Gasteiger partial charge in [0, 0.05) is 32.5 Å². The van der Waals surface area contributed by atoms with E-state index in [1.807, 2.05) is 18.2 Å². The van der Waals surface area contributed by atoms with Gasteiger partial charge in [0.15, 0.2) is 0 Å². The van der Waals surface area contributed by atoms with Crippen molar-refractivity contribution in [3.05, 3.63) is 60.1 Å². The van der Waals surface area contributed by atoms with Gasteiger partial charge >= 0.3 is 0 Å². The highest BCUT2D eigenvalue weighted by Crippen LogP contribution is 2.18. The molecule has 0 aliphatic carbocycles. The Morgan fingerprint density at radius 2 is 2.04 bits per heavy atom. The number of hydrogen-bond acceptors (Lipinski definition) is 3. The number of carbonyl (C=O) groups excluding carboxylic acids is 1. The Balaban J connectivity index is 1.58. The van der Waals surface area contributed by atoms with Crippen LogP contribution in [0, 0.1) is 5.92 Å². The minimum atomic E-state index is 0.241. The van der Waals surface area contributed by atoms with Gasteiger partial charge in [0.1, 0.15) is 5.76 Å². The van der Waals surface area contributed by atoms with E-state index in [1.54, 1.807) is 6.26 Å². The van der Waals surface area contributed by atoms with Crippen molar-refractivity contribution >= 4 is 5.91 Å². The van der Waals surface area contributed by atoms with Gasteiger partial charge in [-0.25, -0.2) is 0 Å². The van der Waals surface area contributed by atoms with E-state index in [0.717, 1.165) is 31.8 Å². The molecule has 26 heavy (non-hydrogen) atoms. The third-order valence-electron chi connectivity index (χ3n) is 5.23. The maximum atomic E-state index is 12.9. The Labute approximate surface area is 156 Å². The lowest BCUT2D eigenvalue weighted by atomic mass is 9.97. The minimum Gasteiger partial charge on any atom is -0.469 e. The zero-order valence-corrected chi connectivity index (χ0v) is 15.8. The number of furan rings is 1. The second kappa shape index (κ2) is 9.58. The number of hydrogen-bond donors (Lipinski definition) is 0. The van der Waals surface area contributed by atoms with Crippen molar-refractivity contribution in [2.75, 3.05) is 33.2 Å². The van der Waals surface area contributed by atoms with Gasteiger partial charge in [-0.15, -0.1) is 0 Å². The highest BCUT2D eigenvalue weighted by Gasteiger charge is 2.22. The SMILES string of the molecule is CN1CCC[C@@H](CN(CCc2ccccc2)C(=O)CCc2ccco2)C1. The minimum absolute atomic E-state index is 0.241. The monoisotopic (exact) mass is 354 g/mol. The first-order valence-electron chi connectivity index (χ1n) is 9.73. The van der Waals surface area contributed by atoms with Crippen LogP contribution >= 0.6 is 0 Å². The Morgan fingerprint density at radius 1 is 1.19 bits per heavy atom. The van der Waals surface area contributed by atoms with E-state index in [4.69, 9.17) is 4.42 Å². The lowest BCUT2D eigenvalue weighted by Crippen LogP contribution is -2.42. The second-order valence-corrected chi connectivity index (χ2v) is 7.43. The maximum absolute atomic E-state index is 12.9. The topological polar surface area (TPSA) is 36.7 Å². The van der Waals surface area contributed by atoms with Crippen molar-refractivity contribution in [3.63, 3.8) is 0 Å². The van der Waals surface area contributed by atoms with Gasteiger partial charge in [-0.05, 0) is 56.5 Å². The molecule has 4 nitrogen and oxygen atoms in total. The van der Waals surface area contributed by atoms with Gasteiger partial charge in [0.25, 0.3) is 0 Å². The number of nitrogens with zero attached hydrogens (tertiary/aromatic N) is 2. The molecule has 1 fully saturated rings. The van der Waals surface area contributed by atoms with Crippen LogP contribution in [0.25, 0.3) is 0 Å². The normalized spacial score (nSPS) is 18.0. The van der Waals surface area contributed by atoms with Crippen LogP contribution in [0.15, 0.2) is 53.1 Å². The molecule has 0 unspecified atom stereocenters. The van der Waals surface area contributed by atoms with Crippen LogP contribution in [0.2, 0.25) is 0 Å². The first-order chi connectivity index (χ1) is 12.7. The van der Waals surface area contributed by atoms with Gasteiger partial charge in [-0.2, -0.15) is 0 Å². The fourth-order valence-corrected chi connectivity index (χ4v) is 3.80. The molecule has 1 atom stereocenters. The summed E-state index contributed by atoms with van der Waals surface area (Å²) in [5, 5.41) is 0. The number of carbonyl (C=O) groups is 1. The summed E-state index contributed by atoms with van der Waals surface area (Å²) in [7, 11) is 2.18. The molecule has 1 saturated heterocycles. The Morgan fingerprint density at radius 3 is 2.77 bits per heavy atom. The van der Waals surface area contributed by atoms with E-state index >= 15 is 0 Å². The van der Waals surface area contributed by atoms with Crippen molar-refractivity contribution in [3.8, 4) is 0 Å². The number of likely N-dealkylation sites (tertiary alicyclic amines) is 1. The van der Waals surface area contributed by atoms with Gasteiger partial charge in [0.05, 0.1) is 6.26 Å². The van der Waals surface area contributed by atoms with Crippen LogP contribution < -0.4 is 0 Å². The summed E-state index contributed by atoms with van der Waals surface area (Å²) in [6.07, 6.45) is 6.23. The van der Waals surface area contributed by atoms with Crippen molar-refractivity contribution in [2.24, 2.45) is 5.92 Å². The summed E-state index contributed by atoms with van der Waals surface area (Å²) < 4.78 is 5.38. The molecule has 3 rings (SSSR count). The van der Waals surface area contributed by atoms with Crippen molar-refractivity contribution in [1.82, 2.24) is 9.80 Å². The molecular formula is C22H30N2O2. The van der Waals surface area contributed by atoms with E-state index in [2.05, 4.69) is 41.1 Å². The number of amides is 1. The van der Waals surface area contributed by atoms with Crippen LogP contribution in [-0.2, 0) is 17.6 Å². The fraction of sp³-hybridized carbons (Fsp3) is 0.500. The largest absolute Gasteiger partial charge is 0.469 e. The quantitative estimate of drug-likeness (QED) is 0.726. The fourth-order valence-electron chi connectivity index (χ4n) is 3.80. The first-order valence-corrected chi connectivity index (χ1v) is 9.73. The number of benzene rings is 1. The molecule has 1 aromatic carbocycles. The van der Waals surface area contributed by atoms with Gasteiger partial charge in [-0.1, -0.05) is 30.3 Å². The standard InChI is InChI=1S/C22H30N2O2/c1-23-14-5-9-20(17-23)18-24(15-13-19-7-3-2-4-8-19)22(25)12-11-21-10-6-16-26-21/h2-4,6-8,10,16,20H,5,9,11-15,17-18H2,1H3/t20-/m1/s1. The van der Waals surface area contributed by atoms with E-state index in [1.165, 1.54) is 24.9 Å². The van der Waals surface area contributed by atoms with E-state index in [-0.39, 0.29) is 5.91 Å². The zero-order chi connectivity index (χ0) is 18.2. The number of piperidine rings is 1. The second-order valence-electron chi connectivity index (χ2n) is 7.43. The summed E-state index contributed by atoms with van der Waals surface area (Å²) in [6.45, 7) is 3.93.